The number of nitrogens with zero attached hydrogens (tertiary/aromatic N) is 2. The standard InChI is InChI=1S/C51H66N2O8Si/c1-37(29-38(2)33-60-62(50(3,4)5,43-20-14-11-15-21-43)44-22-16-12-17-23-44)19-13-10-18-24-48-52-46(36-58-48)49-53-45(35-59-49)47(55-8)31-41-30-42(32-51(6,56-9)61-41)57-34-39-25-27-40(54-7)28-26-39/h10-17,20-23,25-29,35-36,38,41-42,47H,18-19,24,30-34H2,1-9H3/b13-10+,37-29-/t38-,41-,42-,47-,51-/m1/s1. The molecule has 0 bridgehead atoms. The van der Waals surface area contributed by atoms with Crippen molar-refractivity contribution in [3.05, 3.63) is 138 Å². The van der Waals surface area contributed by atoms with Crippen LogP contribution in [0, 0.1) is 5.92 Å². The van der Waals surface area contributed by atoms with Gasteiger partial charge in [0.25, 0.3) is 8.32 Å². The average Bonchev–Trinajstić information content (AvgIpc) is 3.96. The van der Waals surface area contributed by atoms with Crippen LogP contribution in [0.3, 0.4) is 0 Å². The lowest BCUT2D eigenvalue weighted by Gasteiger charge is -2.43. The van der Waals surface area contributed by atoms with Gasteiger partial charge in [-0.15, -0.1) is 0 Å². The second-order valence-corrected chi connectivity index (χ2v) is 21.9. The Balaban J connectivity index is 0.984. The summed E-state index contributed by atoms with van der Waals surface area (Å²) in [5.41, 5.74) is 3.59. The summed E-state index contributed by atoms with van der Waals surface area (Å²) in [6, 6.07) is 29.6. The fourth-order valence-corrected chi connectivity index (χ4v) is 13.1. The van der Waals surface area contributed by atoms with E-state index in [0.29, 0.717) is 62.1 Å². The van der Waals surface area contributed by atoms with Gasteiger partial charge in [-0.25, -0.2) is 9.97 Å². The SMILES string of the molecule is COc1ccc(CO[C@@H]2C[C@H](C[C@@H](OC)c3coc(-c4coc(CC/C=C/C/C(C)=C\[C@@H](C)CO[Si](c5ccccc5)(c5ccccc5)C(C)(C)C)n4)n3)O[C@@](C)(OC)C2)cc1. The molecule has 62 heavy (non-hydrogen) atoms. The molecule has 0 N–H and O–H groups in total. The molecule has 0 spiro atoms. The van der Waals surface area contributed by atoms with Crippen LogP contribution in [-0.4, -0.2) is 64.2 Å². The number of hydrogen-bond donors (Lipinski definition) is 0. The van der Waals surface area contributed by atoms with Crippen molar-refractivity contribution in [3.63, 3.8) is 0 Å². The predicted molar refractivity (Wildman–Crippen MR) is 246 cm³/mol. The lowest BCUT2D eigenvalue weighted by molar-refractivity contribution is -0.284. The maximum atomic E-state index is 7.17. The quantitative estimate of drug-likeness (QED) is 0.0523. The second kappa shape index (κ2) is 21.6. The van der Waals surface area contributed by atoms with Crippen molar-refractivity contribution in [1.82, 2.24) is 9.97 Å². The Morgan fingerprint density at radius 3 is 2.23 bits per heavy atom. The predicted octanol–water partition coefficient (Wildman–Crippen LogP) is 10.6. The molecule has 1 aliphatic heterocycles. The number of benzene rings is 3. The van der Waals surface area contributed by atoms with Gasteiger partial charge in [-0.2, -0.15) is 0 Å². The van der Waals surface area contributed by atoms with Crippen LogP contribution in [0.2, 0.25) is 5.04 Å². The zero-order valence-electron chi connectivity index (χ0n) is 38.1. The molecule has 0 saturated carbocycles. The molecule has 3 aromatic carbocycles. The third-order valence-corrected chi connectivity index (χ3v) is 16.7. The maximum absolute atomic E-state index is 7.17. The fraction of sp³-hybridized carbons (Fsp3) is 0.451. The average molecular weight is 863 g/mol. The first-order valence-corrected chi connectivity index (χ1v) is 23.7. The summed E-state index contributed by atoms with van der Waals surface area (Å²) >= 11 is 0. The minimum atomic E-state index is -2.57. The Hall–Kier alpha value is -4.62. The molecule has 1 saturated heterocycles. The molecule has 0 amide bonds. The molecule has 332 valence electrons. The number of rotatable bonds is 21. The molecule has 6 rings (SSSR count). The summed E-state index contributed by atoms with van der Waals surface area (Å²) in [5.74, 6) is 1.30. The number of aryl methyl sites for hydroxylation is 1. The van der Waals surface area contributed by atoms with Crippen LogP contribution in [0.4, 0.5) is 0 Å². The highest BCUT2D eigenvalue weighted by Crippen LogP contribution is 2.38. The van der Waals surface area contributed by atoms with Gasteiger partial charge in [0.1, 0.15) is 30.1 Å². The van der Waals surface area contributed by atoms with Gasteiger partial charge in [0, 0.05) is 46.5 Å². The number of methoxy groups -OCH3 is 3. The van der Waals surface area contributed by atoms with E-state index in [0.717, 1.165) is 24.2 Å². The largest absolute Gasteiger partial charge is 0.497 e. The smallest absolute Gasteiger partial charge is 0.261 e. The minimum Gasteiger partial charge on any atom is -0.497 e. The van der Waals surface area contributed by atoms with E-state index in [4.69, 9.17) is 41.9 Å². The molecule has 5 aromatic rings. The number of allylic oxidation sites excluding steroid dienone is 3. The summed E-state index contributed by atoms with van der Waals surface area (Å²) in [6.45, 7) is 14.5. The normalized spacial score (nSPS) is 19.8. The Labute approximate surface area is 369 Å². The van der Waals surface area contributed by atoms with E-state index in [2.05, 4.69) is 118 Å². The van der Waals surface area contributed by atoms with Crippen molar-refractivity contribution >= 4 is 18.7 Å². The lowest BCUT2D eigenvalue weighted by Crippen LogP contribution is -2.66. The third-order valence-electron chi connectivity index (χ3n) is 11.7. The van der Waals surface area contributed by atoms with Gasteiger partial charge in [0.05, 0.1) is 25.9 Å². The van der Waals surface area contributed by atoms with Gasteiger partial charge in [0.2, 0.25) is 5.89 Å². The minimum absolute atomic E-state index is 0.0510. The fourth-order valence-electron chi connectivity index (χ4n) is 8.44. The topological polar surface area (TPSA) is 107 Å². The van der Waals surface area contributed by atoms with E-state index in [1.165, 1.54) is 15.9 Å². The van der Waals surface area contributed by atoms with Crippen molar-refractivity contribution < 1.29 is 36.9 Å². The summed E-state index contributed by atoms with van der Waals surface area (Å²) < 4.78 is 48.7. The van der Waals surface area contributed by atoms with Crippen LogP contribution in [0.1, 0.15) is 96.9 Å². The van der Waals surface area contributed by atoms with Crippen LogP contribution in [0.5, 0.6) is 5.75 Å². The van der Waals surface area contributed by atoms with Crippen molar-refractivity contribution in [2.24, 2.45) is 5.92 Å². The highest BCUT2D eigenvalue weighted by atomic mass is 28.4. The van der Waals surface area contributed by atoms with Crippen LogP contribution in [0.25, 0.3) is 11.6 Å². The van der Waals surface area contributed by atoms with Gasteiger partial charge in [-0.05, 0) is 65.7 Å². The third kappa shape index (κ3) is 12.1. The first kappa shape index (κ1) is 46.9. The second-order valence-electron chi connectivity index (χ2n) is 17.6. The molecule has 3 heterocycles. The molecule has 2 aromatic heterocycles. The van der Waals surface area contributed by atoms with Gasteiger partial charge < -0.3 is 36.9 Å². The number of hydrogen-bond acceptors (Lipinski definition) is 10. The summed E-state index contributed by atoms with van der Waals surface area (Å²) in [5, 5.41) is 2.55. The summed E-state index contributed by atoms with van der Waals surface area (Å²) in [7, 11) is 2.42. The molecule has 1 fully saturated rings. The molecule has 1 aliphatic rings. The highest BCUT2D eigenvalue weighted by Gasteiger charge is 2.50. The lowest BCUT2D eigenvalue weighted by atomic mass is 9.95. The maximum Gasteiger partial charge on any atom is 0.261 e. The van der Waals surface area contributed by atoms with E-state index in [1.54, 1.807) is 33.9 Å². The number of oxazole rings is 2. The molecule has 0 radical (unpaired) electrons. The Morgan fingerprint density at radius 2 is 1.60 bits per heavy atom. The zero-order chi connectivity index (χ0) is 44.2. The molecule has 10 nitrogen and oxygen atoms in total. The molecule has 0 aliphatic carbocycles. The Bertz CT molecular complexity index is 2120. The van der Waals surface area contributed by atoms with Gasteiger partial charge in [-0.1, -0.05) is 124 Å². The van der Waals surface area contributed by atoms with Crippen molar-refractivity contribution in [2.75, 3.05) is 27.9 Å². The van der Waals surface area contributed by atoms with Crippen molar-refractivity contribution in [2.45, 2.75) is 116 Å². The summed E-state index contributed by atoms with van der Waals surface area (Å²) in [6.07, 6.45) is 13.5. The molecular weight excluding hydrogens is 797 g/mol. The van der Waals surface area contributed by atoms with Gasteiger partial charge >= 0.3 is 0 Å². The highest BCUT2D eigenvalue weighted by molar-refractivity contribution is 6.99. The monoisotopic (exact) mass is 862 g/mol. The Morgan fingerprint density at radius 1 is 0.903 bits per heavy atom. The van der Waals surface area contributed by atoms with Gasteiger partial charge in [0.15, 0.2) is 17.4 Å². The van der Waals surface area contributed by atoms with E-state index < -0.39 is 14.1 Å². The number of aromatic nitrogens is 2. The van der Waals surface area contributed by atoms with E-state index in [9.17, 15) is 0 Å². The first-order chi connectivity index (χ1) is 29.8. The van der Waals surface area contributed by atoms with E-state index >= 15 is 0 Å². The van der Waals surface area contributed by atoms with E-state index in [1.807, 2.05) is 31.2 Å². The van der Waals surface area contributed by atoms with Crippen LogP contribution < -0.4 is 15.1 Å². The molecular formula is C51H66N2O8Si. The van der Waals surface area contributed by atoms with E-state index in [-0.39, 0.29) is 29.3 Å². The van der Waals surface area contributed by atoms with Crippen LogP contribution in [-0.2, 0) is 36.4 Å². The van der Waals surface area contributed by atoms with Gasteiger partial charge in [-0.3, -0.25) is 0 Å². The van der Waals surface area contributed by atoms with Crippen LogP contribution in [0.15, 0.2) is 130 Å². The molecule has 11 heteroatoms. The Kier molecular flexibility index (Phi) is 16.4. The first-order valence-electron chi connectivity index (χ1n) is 21.8. The molecule has 5 atom stereocenters. The molecule has 0 unspecified atom stereocenters. The zero-order valence-corrected chi connectivity index (χ0v) is 39.1. The van der Waals surface area contributed by atoms with Crippen molar-refractivity contribution in [1.29, 1.82) is 0 Å². The van der Waals surface area contributed by atoms with Crippen molar-refractivity contribution in [3.8, 4) is 17.3 Å². The van der Waals surface area contributed by atoms with Crippen LogP contribution >= 0.6 is 0 Å². The summed E-state index contributed by atoms with van der Waals surface area (Å²) in [4.78, 5) is 9.43. The number of ether oxygens (including phenoxy) is 5.